The third-order valence-corrected chi connectivity index (χ3v) is 2.15. The number of hydrogen-bond acceptors (Lipinski definition) is 7. The maximum absolute atomic E-state index is 9.40. The molecule has 0 fully saturated rings. The number of rotatable bonds is 9. The van der Waals surface area contributed by atoms with Crippen molar-refractivity contribution in [1.82, 2.24) is 10.1 Å². The Morgan fingerprint density at radius 2 is 2.28 bits per heavy atom. The van der Waals surface area contributed by atoms with E-state index in [-0.39, 0.29) is 12.8 Å². The van der Waals surface area contributed by atoms with Crippen molar-refractivity contribution in [2.75, 3.05) is 26.9 Å². The number of aliphatic hydroxyl groups is 1. The minimum atomic E-state index is -0.763. The van der Waals surface area contributed by atoms with Gasteiger partial charge in [-0.2, -0.15) is 10.2 Å². The summed E-state index contributed by atoms with van der Waals surface area (Å²) in [4.78, 5) is 4.09. The number of hydrogen-bond donors (Lipinski definition) is 1. The van der Waals surface area contributed by atoms with E-state index >= 15 is 0 Å². The quantitative estimate of drug-likeness (QED) is 0.624. The molecule has 1 atom stereocenters. The molecular weight excluding hydrogens is 238 g/mol. The van der Waals surface area contributed by atoms with Gasteiger partial charge in [-0.15, -0.1) is 0 Å². The van der Waals surface area contributed by atoms with Gasteiger partial charge < -0.3 is 19.1 Å². The summed E-state index contributed by atoms with van der Waals surface area (Å²) in [5.41, 5.74) is 0. The number of aromatic nitrogens is 2. The molecule has 1 aromatic heterocycles. The van der Waals surface area contributed by atoms with Crippen molar-refractivity contribution in [1.29, 1.82) is 5.26 Å². The fourth-order valence-corrected chi connectivity index (χ4v) is 1.26. The van der Waals surface area contributed by atoms with Gasteiger partial charge in [0.05, 0.1) is 44.8 Å². The van der Waals surface area contributed by atoms with Crippen LogP contribution < -0.4 is 0 Å². The zero-order valence-electron chi connectivity index (χ0n) is 10.3. The van der Waals surface area contributed by atoms with Crippen molar-refractivity contribution in [3.8, 4) is 6.07 Å². The molecule has 0 aliphatic heterocycles. The van der Waals surface area contributed by atoms with Crippen LogP contribution in [0.25, 0.3) is 0 Å². The molecule has 1 N–H and O–H groups in total. The molecule has 18 heavy (non-hydrogen) atoms. The Morgan fingerprint density at radius 1 is 1.44 bits per heavy atom. The summed E-state index contributed by atoms with van der Waals surface area (Å²) in [6, 6.07) is 1.88. The highest BCUT2D eigenvalue weighted by Crippen LogP contribution is 2.04. The van der Waals surface area contributed by atoms with Gasteiger partial charge >= 0.3 is 0 Å². The minimum Gasteiger partial charge on any atom is -0.392 e. The van der Waals surface area contributed by atoms with Crippen molar-refractivity contribution in [3.05, 3.63) is 11.7 Å². The third kappa shape index (κ3) is 5.72. The van der Waals surface area contributed by atoms with Crippen molar-refractivity contribution in [2.24, 2.45) is 0 Å². The molecule has 1 unspecified atom stereocenters. The molecule has 0 aromatic carbocycles. The van der Waals surface area contributed by atoms with Crippen LogP contribution >= 0.6 is 0 Å². The van der Waals surface area contributed by atoms with Crippen LogP contribution in [0.5, 0.6) is 0 Å². The predicted octanol–water partition coefficient (Wildman–Crippen LogP) is 0.0922. The van der Waals surface area contributed by atoms with E-state index in [1.807, 2.05) is 6.07 Å². The van der Waals surface area contributed by atoms with E-state index < -0.39 is 6.10 Å². The Bertz CT molecular complexity index is 375. The maximum atomic E-state index is 9.40. The van der Waals surface area contributed by atoms with Gasteiger partial charge in [0.25, 0.3) is 0 Å². The molecule has 0 amide bonds. The Hall–Kier alpha value is -1.49. The lowest BCUT2D eigenvalue weighted by atomic mass is 10.2. The number of aliphatic hydroxyl groups excluding tert-OH is 1. The van der Waals surface area contributed by atoms with Crippen LogP contribution in [0, 0.1) is 11.3 Å². The second-order valence-corrected chi connectivity index (χ2v) is 3.68. The molecule has 0 saturated carbocycles. The Balaban J connectivity index is 2.24. The van der Waals surface area contributed by atoms with Crippen LogP contribution in [0.1, 0.15) is 18.1 Å². The van der Waals surface area contributed by atoms with Crippen LogP contribution in [0.2, 0.25) is 0 Å². The van der Waals surface area contributed by atoms with E-state index in [0.29, 0.717) is 38.0 Å². The predicted molar refractivity (Wildman–Crippen MR) is 60.6 cm³/mol. The lowest BCUT2D eigenvalue weighted by Crippen LogP contribution is -2.09. The lowest BCUT2D eigenvalue weighted by Gasteiger charge is -2.00. The molecule has 1 heterocycles. The zero-order valence-corrected chi connectivity index (χ0v) is 10.3. The highest BCUT2D eigenvalue weighted by Gasteiger charge is 2.11. The van der Waals surface area contributed by atoms with Gasteiger partial charge in [-0.05, 0) is 0 Å². The van der Waals surface area contributed by atoms with Gasteiger partial charge in [0.2, 0.25) is 5.89 Å². The molecule has 1 aromatic rings. The fourth-order valence-electron chi connectivity index (χ4n) is 1.26. The molecule has 0 spiro atoms. The number of nitriles is 1. The molecule has 0 aliphatic rings. The van der Waals surface area contributed by atoms with Crippen molar-refractivity contribution in [3.63, 3.8) is 0 Å². The number of nitrogens with zero attached hydrogens (tertiary/aromatic N) is 3. The van der Waals surface area contributed by atoms with E-state index in [1.54, 1.807) is 7.11 Å². The number of ether oxygens (including phenoxy) is 2. The lowest BCUT2D eigenvalue weighted by molar-refractivity contribution is 0.0714. The Labute approximate surface area is 105 Å². The highest BCUT2D eigenvalue weighted by molar-refractivity contribution is 4.90. The zero-order chi connectivity index (χ0) is 13.2. The van der Waals surface area contributed by atoms with Gasteiger partial charge in [-0.3, -0.25) is 0 Å². The van der Waals surface area contributed by atoms with Gasteiger partial charge in [-0.25, -0.2) is 0 Å². The summed E-state index contributed by atoms with van der Waals surface area (Å²) >= 11 is 0. The molecule has 1 rings (SSSR count). The van der Waals surface area contributed by atoms with E-state index in [0.717, 1.165) is 0 Å². The summed E-state index contributed by atoms with van der Waals surface area (Å²) in [7, 11) is 1.61. The maximum Gasteiger partial charge on any atom is 0.229 e. The molecular formula is C11H17N3O4. The molecule has 0 radical (unpaired) electrons. The van der Waals surface area contributed by atoms with E-state index in [2.05, 4.69) is 10.1 Å². The van der Waals surface area contributed by atoms with Gasteiger partial charge in [0, 0.05) is 13.5 Å². The first-order chi connectivity index (χ1) is 8.76. The van der Waals surface area contributed by atoms with Crippen molar-refractivity contribution >= 4 is 0 Å². The fraction of sp³-hybridized carbons (Fsp3) is 0.727. The largest absolute Gasteiger partial charge is 0.392 e. The molecule has 0 aliphatic carbocycles. The average molecular weight is 255 g/mol. The smallest absolute Gasteiger partial charge is 0.229 e. The first kappa shape index (κ1) is 14.6. The monoisotopic (exact) mass is 255 g/mol. The highest BCUT2D eigenvalue weighted by atomic mass is 16.5. The summed E-state index contributed by atoms with van der Waals surface area (Å²) in [5, 5.41) is 21.6. The number of methoxy groups -OCH3 is 1. The Morgan fingerprint density at radius 3 is 3.00 bits per heavy atom. The van der Waals surface area contributed by atoms with Crippen molar-refractivity contribution < 1.29 is 19.1 Å². The van der Waals surface area contributed by atoms with Crippen LogP contribution in [0.4, 0.5) is 0 Å². The second kappa shape index (κ2) is 8.58. The van der Waals surface area contributed by atoms with Crippen molar-refractivity contribution in [2.45, 2.75) is 25.4 Å². The van der Waals surface area contributed by atoms with Crippen LogP contribution in [0.15, 0.2) is 4.52 Å². The summed E-state index contributed by atoms with van der Waals surface area (Å²) in [5.74, 6) is 0.871. The molecule has 0 bridgehead atoms. The van der Waals surface area contributed by atoms with Gasteiger partial charge in [-0.1, -0.05) is 5.16 Å². The second-order valence-electron chi connectivity index (χ2n) is 3.68. The summed E-state index contributed by atoms with van der Waals surface area (Å²) < 4.78 is 15.1. The van der Waals surface area contributed by atoms with Crippen LogP contribution in [-0.4, -0.2) is 48.3 Å². The topological polar surface area (TPSA) is 101 Å². The first-order valence-electron chi connectivity index (χ1n) is 5.69. The van der Waals surface area contributed by atoms with Crippen LogP contribution in [-0.2, 0) is 22.3 Å². The van der Waals surface area contributed by atoms with E-state index in [4.69, 9.17) is 19.3 Å². The van der Waals surface area contributed by atoms with E-state index in [1.165, 1.54) is 0 Å². The first-order valence-corrected chi connectivity index (χ1v) is 5.69. The van der Waals surface area contributed by atoms with E-state index in [9.17, 15) is 5.11 Å². The minimum absolute atomic E-state index is 0.0534. The van der Waals surface area contributed by atoms with Crippen LogP contribution in [0.3, 0.4) is 0 Å². The normalized spacial score (nSPS) is 12.3. The Kier molecular flexibility index (Phi) is 6.94. The molecule has 7 heteroatoms. The molecule has 0 saturated heterocycles. The average Bonchev–Trinajstić information content (AvgIpc) is 2.77. The standard InChI is InChI=1S/C11H17N3O4/c1-16-6-7-17-5-3-10-13-11(18-14-10)8-9(15)2-4-12/h9,15H,2-3,5-8H2,1H3. The van der Waals surface area contributed by atoms with Gasteiger partial charge in [0.1, 0.15) is 0 Å². The van der Waals surface area contributed by atoms with Gasteiger partial charge in [0.15, 0.2) is 5.82 Å². The third-order valence-electron chi connectivity index (χ3n) is 2.15. The molecule has 7 nitrogen and oxygen atoms in total. The summed E-state index contributed by atoms with van der Waals surface area (Å²) in [6.07, 6.45) is 0.0334. The SMILES string of the molecule is COCCOCCc1noc(CC(O)CC#N)n1. The summed E-state index contributed by atoms with van der Waals surface area (Å²) in [6.45, 7) is 1.57. The molecule has 100 valence electrons.